The van der Waals surface area contributed by atoms with Crippen molar-refractivity contribution in [2.24, 2.45) is 11.1 Å². The fraction of sp³-hybridized carbons (Fsp3) is 1.00. The summed E-state index contributed by atoms with van der Waals surface area (Å²) >= 11 is 0. The van der Waals surface area contributed by atoms with Gasteiger partial charge in [-0.3, -0.25) is 0 Å². The van der Waals surface area contributed by atoms with E-state index < -0.39 is 0 Å². The molecule has 10 heavy (non-hydrogen) atoms. The normalized spacial score (nSPS) is 12.0. The lowest BCUT2D eigenvalue weighted by Gasteiger charge is -2.21. The molecule has 0 spiro atoms. The molecule has 0 heterocycles. The van der Waals surface area contributed by atoms with Gasteiger partial charge in [-0.1, -0.05) is 13.8 Å². The van der Waals surface area contributed by atoms with Gasteiger partial charge in [0.05, 0.1) is 0 Å². The Morgan fingerprint density at radius 1 is 1.40 bits per heavy atom. The molecule has 0 aliphatic rings. The third-order valence-corrected chi connectivity index (χ3v) is 1.75. The summed E-state index contributed by atoms with van der Waals surface area (Å²) in [7, 11) is 1.73. The molecule has 62 valence electrons. The third kappa shape index (κ3) is 4.77. The Bertz CT molecular complexity index is 81.3. The van der Waals surface area contributed by atoms with Crippen molar-refractivity contribution in [3.8, 4) is 0 Å². The standard InChI is InChI=1S/C8H19NO/c1-8(2,7-9)5-4-6-10-3/h4-7,9H2,1-3H3. The zero-order valence-corrected chi connectivity index (χ0v) is 7.31. The molecule has 0 bridgehead atoms. The predicted octanol–water partition coefficient (Wildman–Crippen LogP) is 1.40. The monoisotopic (exact) mass is 145 g/mol. The molecule has 0 aromatic rings. The maximum atomic E-state index is 5.55. The Morgan fingerprint density at radius 3 is 2.40 bits per heavy atom. The molecule has 0 rings (SSSR count). The molecule has 0 aliphatic carbocycles. The molecule has 0 aromatic carbocycles. The van der Waals surface area contributed by atoms with E-state index in [1.807, 2.05) is 0 Å². The first-order valence-corrected chi connectivity index (χ1v) is 3.81. The largest absolute Gasteiger partial charge is 0.385 e. The second-order valence-corrected chi connectivity index (χ2v) is 3.46. The lowest BCUT2D eigenvalue weighted by molar-refractivity contribution is 0.177. The quantitative estimate of drug-likeness (QED) is 0.593. The van der Waals surface area contributed by atoms with E-state index in [9.17, 15) is 0 Å². The number of hydrogen-bond acceptors (Lipinski definition) is 2. The van der Waals surface area contributed by atoms with Gasteiger partial charge in [0, 0.05) is 13.7 Å². The van der Waals surface area contributed by atoms with E-state index in [0.29, 0.717) is 5.41 Å². The van der Waals surface area contributed by atoms with Gasteiger partial charge in [-0.05, 0) is 24.8 Å². The van der Waals surface area contributed by atoms with E-state index in [2.05, 4.69) is 13.8 Å². The Morgan fingerprint density at radius 2 is 2.00 bits per heavy atom. The fourth-order valence-corrected chi connectivity index (χ4v) is 0.797. The van der Waals surface area contributed by atoms with E-state index >= 15 is 0 Å². The maximum absolute atomic E-state index is 5.55. The third-order valence-electron chi connectivity index (χ3n) is 1.75. The van der Waals surface area contributed by atoms with Gasteiger partial charge < -0.3 is 10.5 Å². The Labute approximate surface area is 63.7 Å². The van der Waals surface area contributed by atoms with Crippen molar-refractivity contribution < 1.29 is 4.74 Å². The summed E-state index contributed by atoms with van der Waals surface area (Å²) in [5.41, 5.74) is 5.84. The number of hydrogen-bond donors (Lipinski definition) is 1. The van der Waals surface area contributed by atoms with Gasteiger partial charge >= 0.3 is 0 Å². The van der Waals surface area contributed by atoms with Crippen LogP contribution in [0.15, 0.2) is 0 Å². The van der Waals surface area contributed by atoms with Crippen LogP contribution >= 0.6 is 0 Å². The minimum Gasteiger partial charge on any atom is -0.385 e. The zero-order valence-electron chi connectivity index (χ0n) is 7.31. The van der Waals surface area contributed by atoms with E-state index in [1.54, 1.807) is 7.11 Å². The van der Waals surface area contributed by atoms with Gasteiger partial charge in [0.2, 0.25) is 0 Å². The first-order chi connectivity index (χ1) is 4.62. The van der Waals surface area contributed by atoms with E-state index in [1.165, 1.54) is 0 Å². The minimum atomic E-state index is 0.290. The van der Waals surface area contributed by atoms with Crippen molar-refractivity contribution in [2.45, 2.75) is 26.7 Å². The molecule has 0 atom stereocenters. The van der Waals surface area contributed by atoms with E-state index in [0.717, 1.165) is 26.0 Å². The molecule has 0 amide bonds. The molecule has 0 saturated heterocycles. The summed E-state index contributed by atoms with van der Waals surface area (Å²) in [6, 6.07) is 0. The topological polar surface area (TPSA) is 35.2 Å². The van der Waals surface area contributed by atoms with Gasteiger partial charge in [-0.25, -0.2) is 0 Å². The Hall–Kier alpha value is -0.0800. The highest BCUT2D eigenvalue weighted by atomic mass is 16.5. The van der Waals surface area contributed by atoms with Crippen LogP contribution in [0.4, 0.5) is 0 Å². The molecule has 0 fully saturated rings. The van der Waals surface area contributed by atoms with Crippen LogP contribution in [0.5, 0.6) is 0 Å². The second kappa shape index (κ2) is 4.69. The Balaban J connectivity index is 3.28. The highest BCUT2D eigenvalue weighted by Gasteiger charge is 2.13. The summed E-state index contributed by atoms with van der Waals surface area (Å²) in [5.74, 6) is 0. The molecule has 2 nitrogen and oxygen atoms in total. The van der Waals surface area contributed by atoms with Crippen LogP contribution < -0.4 is 5.73 Å². The van der Waals surface area contributed by atoms with Crippen molar-refractivity contribution in [2.75, 3.05) is 20.3 Å². The van der Waals surface area contributed by atoms with Gasteiger partial charge in [-0.2, -0.15) is 0 Å². The van der Waals surface area contributed by atoms with Gasteiger partial charge in [0.15, 0.2) is 0 Å². The second-order valence-electron chi connectivity index (χ2n) is 3.46. The summed E-state index contributed by atoms with van der Waals surface area (Å²) in [4.78, 5) is 0. The van der Waals surface area contributed by atoms with Crippen LogP contribution in [-0.4, -0.2) is 20.3 Å². The first-order valence-electron chi connectivity index (χ1n) is 3.81. The summed E-state index contributed by atoms with van der Waals surface area (Å²) in [6.07, 6.45) is 2.26. The molecule has 0 radical (unpaired) electrons. The molecule has 0 aromatic heterocycles. The average molecular weight is 145 g/mol. The molecule has 0 saturated carbocycles. The van der Waals surface area contributed by atoms with Gasteiger partial charge in [0.25, 0.3) is 0 Å². The molecule has 0 aliphatic heterocycles. The molecular weight excluding hydrogens is 126 g/mol. The average Bonchev–Trinajstić information content (AvgIpc) is 1.89. The molecule has 2 N–H and O–H groups in total. The van der Waals surface area contributed by atoms with Crippen molar-refractivity contribution in [1.82, 2.24) is 0 Å². The number of ether oxygens (including phenoxy) is 1. The van der Waals surface area contributed by atoms with E-state index in [4.69, 9.17) is 10.5 Å². The van der Waals surface area contributed by atoms with Crippen molar-refractivity contribution in [3.05, 3.63) is 0 Å². The van der Waals surface area contributed by atoms with Crippen LogP contribution in [0.2, 0.25) is 0 Å². The summed E-state index contributed by atoms with van der Waals surface area (Å²) < 4.78 is 4.94. The van der Waals surface area contributed by atoms with Gasteiger partial charge in [0.1, 0.15) is 0 Å². The highest BCUT2D eigenvalue weighted by molar-refractivity contribution is 4.68. The first kappa shape index (κ1) is 9.92. The van der Waals surface area contributed by atoms with Gasteiger partial charge in [-0.15, -0.1) is 0 Å². The highest BCUT2D eigenvalue weighted by Crippen LogP contribution is 2.19. The lowest BCUT2D eigenvalue weighted by Crippen LogP contribution is -2.23. The van der Waals surface area contributed by atoms with Crippen LogP contribution in [0.1, 0.15) is 26.7 Å². The molecule has 0 unspecified atom stereocenters. The SMILES string of the molecule is COCCCC(C)(C)CN. The van der Waals surface area contributed by atoms with Crippen LogP contribution in [0.25, 0.3) is 0 Å². The smallest absolute Gasteiger partial charge is 0.0462 e. The Kier molecular flexibility index (Phi) is 4.65. The predicted molar refractivity (Wildman–Crippen MR) is 43.9 cm³/mol. The van der Waals surface area contributed by atoms with Crippen LogP contribution in [0, 0.1) is 5.41 Å². The van der Waals surface area contributed by atoms with Crippen molar-refractivity contribution in [3.63, 3.8) is 0 Å². The molecular formula is C8H19NO. The summed E-state index contributed by atoms with van der Waals surface area (Å²) in [6.45, 7) is 5.98. The molecule has 2 heteroatoms. The fourth-order valence-electron chi connectivity index (χ4n) is 0.797. The van der Waals surface area contributed by atoms with Crippen molar-refractivity contribution in [1.29, 1.82) is 0 Å². The van der Waals surface area contributed by atoms with Crippen LogP contribution in [-0.2, 0) is 4.74 Å². The zero-order chi connectivity index (χ0) is 8.04. The maximum Gasteiger partial charge on any atom is 0.0462 e. The number of rotatable bonds is 5. The summed E-state index contributed by atoms with van der Waals surface area (Å²) in [5, 5.41) is 0. The van der Waals surface area contributed by atoms with Crippen LogP contribution in [0.3, 0.4) is 0 Å². The van der Waals surface area contributed by atoms with E-state index in [-0.39, 0.29) is 0 Å². The number of nitrogens with two attached hydrogens (primary N) is 1. The lowest BCUT2D eigenvalue weighted by atomic mass is 9.88. The van der Waals surface area contributed by atoms with Crippen molar-refractivity contribution >= 4 is 0 Å². The number of methoxy groups -OCH3 is 1. The minimum absolute atomic E-state index is 0.290.